The monoisotopic (exact) mass is 257 g/mol. The molecule has 1 aliphatic rings. The first-order chi connectivity index (χ1) is 7.70. The van der Waals surface area contributed by atoms with E-state index in [1.807, 2.05) is 31.2 Å². The Balaban J connectivity index is 0.00000144. The van der Waals surface area contributed by atoms with Gasteiger partial charge in [-0.15, -0.1) is 12.4 Å². The average molecular weight is 258 g/mol. The molecule has 0 saturated heterocycles. The summed E-state index contributed by atoms with van der Waals surface area (Å²) < 4.78 is 10.9. The van der Waals surface area contributed by atoms with Gasteiger partial charge in [0.1, 0.15) is 18.0 Å². The summed E-state index contributed by atoms with van der Waals surface area (Å²) in [4.78, 5) is 11.1. The third-order valence-electron chi connectivity index (χ3n) is 2.68. The smallest absolute Gasteiger partial charge is 0.320 e. The van der Waals surface area contributed by atoms with Gasteiger partial charge < -0.3 is 15.2 Å². The number of para-hydroxylation sites is 1. The fraction of sp³-hybridized carbons (Fsp3) is 0.417. The molecule has 4 nitrogen and oxygen atoms in total. The van der Waals surface area contributed by atoms with Crippen molar-refractivity contribution in [2.75, 3.05) is 6.54 Å². The number of nitrogens with two attached hydrogens (primary N) is 1. The van der Waals surface area contributed by atoms with Crippen LogP contribution in [-0.2, 0) is 16.0 Å². The average Bonchev–Trinajstić information content (AvgIpc) is 2.30. The number of fused-ring (bicyclic) bond motifs is 1. The maximum atomic E-state index is 11.1. The molecule has 2 rings (SSSR count). The number of hydrogen-bond acceptors (Lipinski definition) is 4. The van der Waals surface area contributed by atoms with Crippen LogP contribution in [0.2, 0.25) is 0 Å². The molecule has 94 valence electrons. The van der Waals surface area contributed by atoms with Gasteiger partial charge in [0.2, 0.25) is 0 Å². The molecule has 2 N–H and O–H groups in total. The predicted molar refractivity (Wildman–Crippen MR) is 66.4 cm³/mol. The van der Waals surface area contributed by atoms with E-state index in [0.29, 0.717) is 6.42 Å². The molecule has 2 atom stereocenters. The molecule has 2 unspecified atom stereocenters. The highest BCUT2D eigenvalue weighted by Crippen LogP contribution is 2.28. The predicted octanol–water partition coefficient (Wildman–Crippen LogP) is 1.30. The van der Waals surface area contributed by atoms with Crippen LogP contribution in [-0.4, -0.2) is 24.7 Å². The van der Waals surface area contributed by atoms with Crippen LogP contribution in [0, 0.1) is 0 Å². The van der Waals surface area contributed by atoms with E-state index in [4.69, 9.17) is 15.2 Å². The van der Waals surface area contributed by atoms with E-state index in [2.05, 4.69) is 0 Å². The molecule has 0 radical (unpaired) electrons. The van der Waals surface area contributed by atoms with Crippen LogP contribution in [0.25, 0.3) is 0 Å². The van der Waals surface area contributed by atoms with E-state index in [0.717, 1.165) is 11.3 Å². The molecule has 0 fully saturated rings. The summed E-state index contributed by atoms with van der Waals surface area (Å²) in [6.45, 7) is 1.80. The molecule has 17 heavy (non-hydrogen) atoms. The Kier molecular flexibility index (Phi) is 4.78. The Morgan fingerprint density at radius 3 is 2.94 bits per heavy atom. The fourth-order valence-electron chi connectivity index (χ4n) is 1.80. The molecular weight excluding hydrogens is 242 g/mol. The summed E-state index contributed by atoms with van der Waals surface area (Å²) in [7, 11) is 0. The van der Waals surface area contributed by atoms with E-state index in [9.17, 15) is 4.79 Å². The number of rotatable bonds is 2. The second-order valence-electron chi connectivity index (χ2n) is 3.87. The van der Waals surface area contributed by atoms with Gasteiger partial charge in [-0.25, -0.2) is 0 Å². The van der Waals surface area contributed by atoms with Gasteiger partial charge in [0, 0.05) is 6.42 Å². The van der Waals surface area contributed by atoms with Crippen molar-refractivity contribution < 1.29 is 14.3 Å². The first kappa shape index (κ1) is 13.8. The minimum Gasteiger partial charge on any atom is -0.487 e. The quantitative estimate of drug-likeness (QED) is 0.812. The zero-order chi connectivity index (χ0) is 11.5. The molecule has 0 amide bonds. The summed E-state index contributed by atoms with van der Waals surface area (Å²) in [5.74, 6) is 0.481. The summed E-state index contributed by atoms with van der Waals surface area (Å²) in [5.41, 5.74) is 6.28. The van der Waals surface area contributed by atoms with Crippen LogP contribution < -0.4 is 10.5 Å². The molecule has 0 bridgehead atoms. The van der Waals surface area contributed by atoms with Gasteiger partial charge in [-0.3, -0.25) is 4.79 Å². The lowest BCUT2D eigenvalue weighted by Crippen LogP contribution is -2.39. The molecule has 1 heterocycles. The minimum absolute atomic E-state index is 0. The van der Waals surface area contributed by atoms with Crippen molar-refractivity contribution in [3.05, 3.63) is 29.8 Å². The van der Waals surface area contributed by atoms with Crippen molar-refractivity contribution in [1.82, 2.24) is 0 Å². The minimum atomic E-state index is -0.389. The topological polar surface area (TPSA) is 61.5 Å². The lowest BCUT2D eigenvalue weighted by Gasteiger charge is -2.30. The highest BCUT2D eigenvalue weighted by atomic mass is 35.5. The van der Waals surface area contributed by atoms with Crippen molar-refractivity contribution in [1.29, 1.82) is 0 Å². The number of halogens is 1. The Morgan fingerprint density at radius 2 is 2.24 bits per heavy atom. The van der Waals surface area contributed by atoms with E-state index in [-0.39, 0.29) is 37.1 Å². The van der Waals surface area contributed by atoms with Crippen LogP contribution >= 0.6 is 12.4 Å². The first-order valence-electron chi connectivity index (χ1n) is 5.35. The van der Waals surface area contributed by atoms with Crippen LogP contribution in [0.3, 0.4) is 0 Å². The zero-order valence-electron chi connectivity index (χ0n) is 9.59. The maximum Gasteiger partial charge on any atom is 0.320 e. The van der Waals surface area contributed by atoms with Gasteiger partial charge in [-0.05, 0) is 18.6 Å². The third kappa shape index (κ3) is 3.11. The van der Waals surface area contributed by atoms with E-state index < -0.39 is 0 Å². The third-order valence-corrected chi connectivity index (χ3v) is 2.68. The number of hydrogen-bond donors (Lipinski definition) is 1. The highest BCUT2D eigenvalue weighted by molar-refractivity contribution is 5.85. The Bertz CT molecular complexity index is 397. The van der Waals surface area contributed by atoms with Crippen LogP contribution in [0.5, 0.6) is 5.75 Å². The zero-order valence-corrected chi connectivity index (χ0v) is 10.4. The molecule has 1 aromatic carbocycles. The largest absolute Gasteiger partial charge is 0.487 e. The standard InChI is InChI=1S/C12H15NO3.ClH/c1-8-11(16-12(14)7-13)6-9-4-2-3-5-10(9)15-8;/h2-5,8,11H,6-7,13H2,1H3;1H. The van der Waals surface area contributed by atoms with Gasteiger partial charge >= 0.3 is 5.97 Å². The summed E-state index contributed by atoms with van der Waals surface area (Å²) in [6.07, 6.45) is 0.305. The van der Waals surface area contributed by atoms with Gasteiger partial charge in [0.25, 0.3) is 0 Å². The number of ether oxygens (including phenoxy) is 2. The Morgan fingerprint density at radius 1 is 1.53 bits per heavy atom. The van der Waals surface area contributed by atoms with E-state index >= 15 is 0 Å². The first-order valence-corrected chi connectivity index (χ1v) is 5.35. The van der Waals surface area contributed by atoms with Crippen molar-refractivity contribution in [3.63, 3.8) is 0 Å². The van der Waals surface area contributed by atoms with Gasteiger partial charge in [0.05, 0.1) is 6.54 Å². The van der Waals surface area contributed by atoms with Crippen molar-refractivity contribution in [2.45, 2.75) is 25.6 Å². The highest BCUT2D eigenvalue weighted by Gasteiger charge is 2.29. The summed E-state index contributed by atoms with van der Waals surface area (Å²) in [6, 6.07) is 7.77. The maximum absolute atomic E-state index is 11.1. The van der Waals surface area contributed by atoms with Gasteiger partial charge in [-0.2, -0.15) is 0 Å². The lowest BCUT2D eigenvalue weighted by atomic mass is 10.0. The van der Waals surface area contributed by atoms with Crippen LogP contribution in [0.15, 0.2) is 24.3 Å². The number of carbonyl (C=O) groups excluding carboxylic acids is 1. The molecule has 0 aliphatic carbocycles. The summed E-state index contributed by atoms with van der Waals surface area (Å²) >= 11 is 0. The second kappa shape index (κ2) is 5.89. The van der Waals surface area contributed by atoms with Gasteiger partial charge in [0.15, 0.2) is 0 Å². The van der Waals surface area contributed by atoms with Crippen LogP contribution in [0.4, 0.5) is 0 Å². The molecule has 0 aromatic heterocycles. The number of carbonyl (C=O) groups is 1. The van der Waals surface area contributed by atoms with E-state index in [1.165, 1.54) is 0 Å². The molecule has 5 heteroatoms. The van der Waals surface area contributed by atoms with Crippen molar-refractivity contribution >= 4 is 18.4 Å². The molecule has 1 aliphatic heterocycles. The summed E-state index contributed by atoms with van der Waals surface area (Å²) in [5, 5.41) is 0. The van der Waals surface area contributed by atoms with Crippen molar-refractivity contribution in [2.24, 2.45) is 5.73 Å². The molecular formula is C12H16ClNO3. The normalized spacial score (nSPS) is 21.8. The number of benzene rings is 1. The van der Waals surface area contributed by atoms with Gasteiger partial charge in [-0.1, -0.05) is 18.2 Å². The lowest BCUT2D eigenvalue weighted by molar-refractivity contribution is -0.152. The SMILES string of the molecule is CC1Oc2ccccc2CC1OC(=O)CN.Cl. The Labute approximate surface area is 106 Å². The molecule has 0 spiro atoms. The molecule has 1 aromatic rings. The molecule has 0 saturated carbocycles. The van der Waals surface area contributed by atoms with Crippen LogP contribution in [0.1, 0.15) is 12.5 Å². The number of esters is 1. The Hall–Kier alpha value is -1.26. The van der Waals surface area contributed by atoms with Crippen molar-refractivity contribution in [3.8, 4) is 5.75 Å². The second-order valence-corrected chi connectivity index (χ2v) is 3.87. The fourth-order valence-corrected chi connectivity index (χ4v) is 1.80. The van der Waals surface area contributed by atoms with E-state index in [1.54, 1.807) is 0 Å².